The minimum absolute atomic E-state index is 0.138. The van der Waals surface area contributed by atoms with Crippen LogP contribution in [0.15, 0.2) is 77.7 Å². The van der Waals surface area contributed by atoms with Crippen molar-refractivity contribution in [3.05, 3.63) is 83.9 Å². The monoisotopic (exact) mass is 410 g/mol. The minimum atomic E-state index is -3.79. The smallest absolute Gasteiger partial charge is 0.264 e. The summed E-state index contributed by atoms with van der Waals surface area (Å²) >= 11 is 0. The molecule has 29 heavy (non-hydrogen) atoms. The van der Waals surface area contributed by atoms with Crippen molar-refractivity contribution in [2.45, 2.75) is 11.8 Å². The maximum atomic E-state index is 13.0. The van der Waals surface area contributed by atoms with Crippen molar-refractivity contribution in [1.29, 1.82) is 0 Å². The van der Waals surface area contributed by atoms with E-state index in [0.29, 0.717) is 22.7 Å². The van der Waals surface area contributed by atoms with Crippen molar-refractivity contribution in [2.24, 2.45) is 0 Å². The van der Waals surface area contributed by atoms with Crippen molar-refractivity contribution < 1.29 is 17.9 Å². The van der Waals surface area contributed by atoms with Crippen LogP contribution in [-0.2, 0) is 10.0 Å². The summed E-state index contributed by atoms with van der Waals surface area (Å²) in [5.74, 6) is 0.259. The molecule has 0 atom stereocenters. The molecule has 3 aromatic carbocycles. The van der Waals surface area contributed by atoms with E-state index in [-0.39, 0.29) is 10.8 Å². The van der Waals surface area contributed by atoms with E-state index in [9.17, 15) is 13.2 Å². The van der Waals surface area contributed by atoms with E-state index in [1.807, 2.05) is 18.2 Å². The van der Waals surface area contributed by atoms with Crippen LogP contribution in [-0.4, -0.2) is 28.5 Å². The molecule has 0 fully saturated rings. The zero-order chi connectivity index (χ0) is 21.0. The fourth-order valence-electron chi connectivity index (χ4n) is 2.85. The van der Waals surface area contributed by atoms with Gasteiger partial charge in [-0.3, -0.25) is 9.10 Å². The van der Waals surface area contributed by atoms with Gasteiger partial charge in [0.25, 0.3) is 15.9 Å². The molecule has 0 aliphatic rings. The Labute approximate surface area is 170 Å². The Hall–Kier alpha value is -3.32. The van der Waals surface area contributed by atoms with Crippen molar-refractivity contribution in [1.82, 2.24) is 0 Å². The summed E-state index contributed by atoms with van der Waals surface area (Å²) in [7, 11) is -0.803. The average Bonchev–Trinajstić information content (AvgIpc) is 2.74. The van der Waals surface area contributed by atoms with Gasteiger partial charge in [-0.25, -0.2) is 8.42 Å². The van der Waals surface area contributed by atoms with Crippen molar-refractivity contribution in [3.8, 4) is 5.75 Å². The number of hydrogen-bond acceptors (Lipinski definition) is 4. The third-order valence-corrected chi connectivity index (χ3v) is 6.35. The van der Waals surface area contributed by atoms with Crippen molar-refractivity contribution in [2.75, 3.05) is 23.8 Å². The Balaban J connectivity index is 1.91. The van der Waals surface area contributed by atoms with Crippen LogP contribution in [0.1, 0.15) is 15.9 Å². The number of ether oxygens (including phenoxy) is 1. The van der Waals surface area contributed by atoms with Crippen LogP contribution >= 0.6 is 0 Å². The van der Waals surface area contributed by atoms with E-state index in [1.54, 1.807) is 49.4 Å². The molecule has 0 aliphatic heterocycles. The fourth-order valence-corrected chi connectivity index (χ4v) is 4.10. The molecule has 0 aliphatic carbocycles. The first-order valence-electron chi connectivity index (χ1n) is 8.93. The van der Waals surface area contributed by atoms with Crippen LogP contribution in [0.4, 0.5) is 11.4 Å². The first kappa shape index (κ1) is 20.4. The van der Waals surface area contributed by atoms with E-state index in [2.05, 4.69) is 5.32 Å². The summed E-state index contributed by atoms with van der Waals surface area (Å²) in [5.41, 5.74) is 2.20. The predicted octanol–water partition coefficient (Wildman–Crippen LogP) is 4.08. The number of methoxy groups -OCH3 is 1. The topological polar surface area (TPSA) is 75.7 Å². The number of carbonyl (C=O) groups excluding carboxylic acids is 1. The van der Waals surface area contributed by atoms with Crippen molar-refractivity contribution in [3.63, 3.8) is 0 Å². The van der Waals surface area contributed by atoms with Gasteiger partial charge in [-0.15, -0.1) is 0 Å². The second-order valence-corrected chi connectivity index (χ2v) is 8.44. The Morgan fingerprint density at radius 1 is 0.966 bits per heavy atom. The van der Waals surface area contributed by atoms with Gasteiger partial charge in [0.05, 0.1) is 17.7 Å². The summed E-state index contributed by atoms with van der Waals surface area (Å²) in [5, 5.41) is 2.81. The quantitative estimate of drug-likeness (QED) is 0.664. The Morgan fingerprint density at radius 3 is 2.24 bits per heavy atom. The number of aryl methyl sites for hydroxylation is 1. The molecular weight excluding hydrogens is 388 g/mol. The summed E-state index contributed by atoms with van der Waals surface area (Å²) < 4.78 is 32.4. The van der Waals surface area contributed by atoms with Crippen LogP contribution in [0, 0.1) is 6.92 Å². The third-order valence-electron chi connectivity index (χ3n) is 4.56. The van der Waals surface area contributed by atoms with Gasteiger partial charge in [-0.2, -0.15) is 0 Å². The highest BCUT2D eigenvalue weighted by molar-refractivity contribution is 7.92. The number of anilines is 2. The molecule has 3 aromatic rings. The number of nitrogens with one attached hydrogen (secondary N) is 1. The first-order chi connectivity index (χ1) is 13.8. The number of hydrogen-bond donors (Lipinski definition) is 1. The lowest BCUT2D eigenvalue weighted by molar-refractivity contribution is 0.102. The summed E-state index contributed by atoms with van der Waals surface area (Å²) in [6, 6.07) is 20.2. The molecule has 6 nitrogen and oxygen atoms in total. The van der Waals surface area contributed by atoms with Crippen LogP contribution in [0.2, 0.25) is 0 Å². The molecule has 1 N–H and O–H groups in total. The molecule has 0 spiro atoms. The number of rotatable bonds is 6. The van der Waals surface area contributed by atoms with Crippen LogP contribution in [0.3, 0.4) is 0 Å². The Bertz CT molecular complexity index is 1110. The molecule has 0 heterocycles. The molecule has 0 saturated heterocycles. The van der Waals surface area contributed by atoms with E-state index >= 15 is 0 Å². The van der Waals surface area contributed by atoms with Crippen LogP contribution in [0.25, 0.3) is 0 Å². The van der Waals surface area contributed by atoms with E-state index in [4.69, 9.17) is 4.74 Å². The standard InChI is InChI=1S/C22H22N2O4S/c1-16-9-10-17(22(25)23-18-7-5-4-6-8-18)15-21(16)24(2)29(26,27)20-13-11-19(28-3)12-14-20/h4-15H,1-3H3,(H,23,25). The number of benzene rings is 3. The largest absolute Gasteiger partial charge is 0.497 e. The van der Waals surface area contributed by atoms with Crippen LogP contribution < -0.4 is 14.4 Å². The molecule has 0 aromatic heterocycles. The number of amides is 1. The Morgan fingerprint density at radius 2 is 1.62 bits per heavy atom. The van der Waals surface area contributed by atoms with Gasteiger partial charge in [0.1, 0.15) is 5.75 Å². The van der Waals surface area contributed by atoms with Crippen LogP contribution in [0.5, 0.6) is 5.75 Å². The number of carbonyl (C=O) groups is 1. The highest BCUT2D eigenvalue weighted by Crippen LogP contribution is 2.27. The molecule has 0 bridgehead atoms. The van der Waals surface area contributed by atoms with E-state index in [0.717, 1.165) is 5.56 Å². The minimum Gasteiger partial charge on any atom is -0.497 e. The molecular formula is C22H22N2O4S. The lowest BCUT2D eigenvalue weighted by Gasteiger charge is -2.22. The second kappa shape index (κ2) is 8.36. The first-order valence-corrected chi connectivity index (χ1v) is 10.4. The van der Waals surface area contributed by atoms with Gasteiger partial charge >= 0.3 is 0 Å². The summed E-state index contributed by atoms with van der Waals surface area (Å²) in [6.07, 6.45) is 0. The predicted molar refractivity (Wildman–Crippen MR) is 114 cm³/mol. The van der Waals surface area contributed by atoms with E-state index < -0.39 is 10.0 Å². The SMILES string of the molecule is COc1ccc(S(=O)(=O)N(C)c2cc(C(=O)Nc3ccccc3)ccc2C)cc1. The van der Waals surface area contributed by atoms with Gasteiger partial charge < -0.3 is 10.1 Å². The second-order valence-electron chi connectivity index (χ2n) is 6.47. The zero-order valence-corrected chi connectivity index (χ0v) is 17.2. The summed E-state index contributed by atoms with van der Waals surface area (Å²) in [4.78, 5) is 12.7. The van der Waals surface area contributed by atoms with Gasteiger partial charge in [0.2, 0.25) is 0 Å². The number of para-hydroxylation sites is 1. The highest BCUT2D eigenvalue weighted by atomic mass is 32.2. The molecule has 0 radical (unpaired) electrons. The van der Waals surface area contributed by atoms with Gasteiger partial charge in [0.15, 0.2) is 0 Å². The average molecular weight is 410 g/mol. The zero-order valence-electron chi connectivity index (χ0n) is 16.4. The number of sulfonamides is 1. The normalized spacial score (nSPS) is 11.0. The lowest BCUT2D eigenvalue weighted by Crippen LogP contribution is -2.27. The van der Waals surface area contributed by atoms with Crippen molar-refractivity contribution >= 4 is 27.3 Å². The highest BCUT2D eigenvalue weighted by Gasteiger charge is 2.23. The van der Waals surface area contributed by atoms with Gasteiger partial charge in [0, 0.05) is 18.3 Å². The van der Waals surface area contributed by atoms with Gasteiger partial charge in [-0.1, -0.05) is 24.3 Å². The van der Waals surface area contributed by atoms with E-state index in [1.165, 1.54) is 30.6 Å². The maximum absolute atomic E-state index is 13.0. The molecule has 3 rings (SSSR count). The molecule has 7 heteroatoms. The molecule has 150 valence electrons. The molecule has 0 unspecified atom stereocenters. The summed E-state index contributed by atoms with van der Waals surface area (Å²) in [6.45, 7) is 1.80. The molecule has 1 amide bonds. The number of nitrogens with zero attached hydrogens (tertiary/aromatic N) is 1. The molecule has 0 saturated carbocycles. The van der Waals surface area contributed by atoms with Gasteiger partial charge in [-0.05, 0) is 61.0 Å². The Kier molecular flexibility index (Phi) is 5.89. The third kappa shape index (κ3) is 4.41. The lowest BCUT2D eigenvalue weighted by atomic mass is 10.1. The maximum Gasteiger partial charge on any atom is 0.264 e. The fraction of sp³-hybridized carbons (Fsp3) is 0.136.